The van der Waals surface area contributed by atoms with Crippen LogP contribution in [0.15, 0.2) is 28.7 Å². The summed E-state index contributed by atoms with van der Waals surface area (Å²) in [6.45, 7) is 9.53. The Morgan fingerprint density at radius 1 is 1.14 bits per heavy atom. The molecular formula is C15H22BrN5. The number of nitrogens with one attached hydrogen (secondary N) is 1. The SMILES string of the molecule is CC(C)CNC(C)c1nnnn1C(C)c1ccc(Br)cc1. The average molecular weight is 352 g/mol. The van der Waals surface area contributed by atoms with Gasteiger partial charge in [0.05, 0.1) is 12.1 Å². The first-order chi connectivity index (χ1) is 9.99. The Labute approximate surface area is 134 Å². The topological polar surface area (TPSA) is 55.6 Å². The molecule has 0 aliphatic rings. The van der Waals surface area contributed by atoms with E-state index in [2.05, 4.69) is 76.6 Å². The van der Waals surface area contributed by atoms with Crippen LogP contribution >= 0.6 is 15.9 Å². The molecule has 0 aliphatic carbocycles. The van der Waals surface area contributed by atoms with E-state index in [0.29, 0.717) is 5.92 Å². The molecule has 5 nitrogen and oxygen atoms in total. The van der Waals surface area contributed by atoms with E-state index in [1.165, 1.54) is 5.56 Å². The summed E-state index contributed by atoms with van der Waals surface area (Å²) in [5.41, 5.74) is 1.18. The minimum absolute atomic E-state index is 0.103. The number of aromatic nitrogens is 4. The van der Waals surface area contributed by atoms with Gasteiger partial charge in [-0.05, 0) is 54.4 Å². The van der Waals surface area contributed by atoms with Gasteiger partial charge in [0, 0.05) is 4.47 Å². The first kappa shape index (κ1) is 16.1. The molecule has 1 N–H and O–H groups in total. The summed E-state index contributed by atoms with van der Waals surface area (Å²) >= 11 is 3.46. The van der Waals surface area contributed by atoms with Crippen LogP contribution in [0.25, 0.3) is 0 Å². The number of benzene rings is 1. The van der Waals surface area contributed by atoms with Gasteiger partial charge in [-0.2, -0.15) is 0 Å². The van der Waals surface area contributed by atoms with Crippen LogP contribution in [0.4, 0.5) is 0 Å². The van der Waals surface area contributed by atoms with E-state index in [9.17, 15) is 0 Å². The zero-order chi connectivity index (χ0) is 15.4. The molecule has 0 bridgehead atoms. The lowest BCUT2D eigenvalue weighted by molar-refractivity contribution is 0.440. The molecule has 114 valence electrons. The molecule has 0 fully saturated rings. The predicted octanol–water partition coefficient (Wildman–Crippen LogP) is 3.35. The number of halogens is 1. The molecule has 1 aromatic carbocycles. The smallest absolute Gasteiger partial charge is 0.168 e. The summed E-state index contributed by atoms with van der Waals surface area (Å²) in [6.07, 6.45) is 0. The zero-order valence-electron chi connectivity index (χ0n) is 12.9. The minimum atomic E-state index is 0.103. The summed E-state index contributed by atoms with van der Waals surface area (Å²) in [4.78, 5) is 0. The summed E-state index contributed by atoms with van der Waals surface area (Å²) in [5.74, 6) is 1.46. The van der Waals surface area contributed by atoms with Crippen molar-refractivity contribution in [3.8, 4) is 0 Å². The van der Waals surface area contributed by atoms with Crippen LogP contribution in [0.5, 0.6) is 0 Å². The first-order valence-corrected chi connectivity index (χ1v) is 8.05. The highest BCUT2D eigenvalue weighted by Gasteiger charge is 2.19. The van der Waals surface area contributed by atoms with Crippen LogP contribution in [0, 0.1) is 5.92 Å². The van der Waals surface area contributed by atoms with Crippen LogP contribution in [0.1, 0.15) is 51.2 Å². The molecule has 2 unspecified atom stereocenters. The van der Waals surface area contributed by atoms with Crippen molar-refractivity contribution in [2.24, 2.45) is 5.92 Å². The van der Waals surface area contributed by atoms with Gasteiger partial charge in [-0.25, -0.2) is 4.68 Å². The van der Waals surface area contributed by atoms with Gasteiger partial charge < -0.3 is 5.32 Å². The number of rotatable bonds is 6. The van der Waals surface area contributed by atoms with Gasteiger partial charge in [-0.15, -0.1) is 5.10 Å². The quantitative estimate of drug-likeness (QED) is 0.866. The highest BCUT2D eigenvalue weighted by Crippen LogP contribution is 2.22. The monoisotopic (exact) mass is 351 g/mol. The largest absolute Gasteiger partial charge is 0.307 e. The van der Waals surface area contributed by atoms with E-state index in [1.807, 2.05) is 16.8 Å². The van der Waals surface area contributed by atoms with Gasteiger partial charge in [0.15, 0.2) is 5.82 Å². The van der Waals surface area contributed by atoms with Gasteiger partial charge in [0.1, 0.15) is 0 Å². The lowest BCUT2D eigenvalue weighted by Gasteiger charge is -2.19. The third kappa shape index (κ3) is 4.11. The summed E-state index contributed by atoms with van der Waals surface area (Å²) < 4.78 is 2.96. The van der Waals surface area contributed by atoms with Gasteiger partial charge in [0.25, 0.3) is 0 Å². The van der Waals surface area contributed by atoms with Crippen LogP contribution in [-0.4, -0.2) is 26.8 Å². The lowest BCUT2D eigenvalue weighted by Crippen LogP contribution is -2.27. The Bertz CT molecular complexity index is 564. The third-order valence-corrected chi connectivity index (χ3v) is 3.99. The van der Waals surface area contributed by atoms with Crippen molar-refractivity contribution >= 4 is 15.9 Å². The maximum atomic E-state index is 4.19. The molecule has 0 amide bonds. The van der Waals surface area contributed by atoms with E-state index >= 15 is 0 Å². The van der Waals surface area contributed by atoms with E-state index in [-0.39, 0.29) is 12.1 Å². The Hall–Kier alpha value is -1.27. The van der Waals surface area contributed by atoms with Crippen LogP contribution < -0.4 is 5.32 Å². The maximum Gasteiger partial charge on any atom is 0.168 e. The van der Waals surface area contributed by atoms with Gasteiger partial charge in [-0.1, -0.05) is 41.9 Å². The number of hydrogen-bond acceptors (Lipinski definition) is 4. The normalized spacial score (nSPS) is 14.4. The van der Waals surface area contributed by atoms with Crippen LogP contribution in [0.2, 0.25) is 0 Å². The van der Waals surface area contributed by atoms with Crippen molar-refractivity contribution in [1.82, 2.24) is 25.5 Å². The molecule has 0 radical (unpaired) electrons. The number of nitrogens with zero attached hydrogens (tertiary/aromatic N) is 4. The van der Waals surface area contributed by atoms with Crippen molar-refractivity contribution in [2.75, 3.05) is 6.54 Å². The molecule has 0 aliphatic heterocycles. The van der Waals surface area contributed by atoms with Crippen molar-refractivity contribution in [1.29, 1.82) is 0 Å². The molecule has 2 atom stereocenters. The molecule has 21 heavy (non-hydrogen) atoms. The highest BCUT2D eigenvalue weighted by molar-refractivity contribution is 9.10. The predicted molar refractivity (Wildman–Crippen MR) is 87.0 cm³/mol. The second kappa shape index (κ2) is 7.13. The molecule has 0 spiro atoms. The van der Waals surface area contributed by atoms with E-state index in [4.69, 9.17) is 0 Å². The van der Waals surface area contributed by atoms with E-state index < -0.39 is 0 Å². The Morgan fingerprint density at radius 2 is 1.81 bits per heavy atom. The van der Waals surface area contributed by atoms with Crippen molar-refractivity contribution in [3.63, 3.8) is 0 Å². The third-order valence-electron chi connectivity index (χ3n) is 3.46. The fraction of sp³-hybridized carbons (Fsp3) is 0.533. The van der Waals surface area contributed by atoms with Gasteiger partial charge in [0.2, 0.25) is 0 Å². The average Bonchev–Trinajstić information content (AvgIpc) is 2.94. The molecule has 6 heteroatoms. The standard InChI is InChI=1S/C15H22BrN5/c1-10(2)9-17-11(3)15-18-19-20-21(15)12(4)13-5-7-14(16)8-6-13/h5-8,10-12,17H,9H2,1-4H3. The first-order valence-electron chi connectivity index (χ1n) is 7.25. The molecule has 0 saturated carbocycles. The number of tetrazole rings is 1. The maximum absolute atomic E-state index is 4.19. The van der Waals surface area contributed by atoms with Gasteiger partial charge >= 0.3 is 0 Å². The highest BCUT2D eigenvalue weighted by atomic mass is 79.9. The summed E-state index contributed by atoms with van der Waals surface area (Å²) in [5, 5.41) is 15.7. The second-order valence-electron chi connectivity index (χ2n) is 5.73. The molecule has 1 aromatic heterocycles. The molecular weight excluding hydrogens is 330 g/mol. The Morgan fingerprint density at radius 3 is 2.43 bits per heavy atom. The van der Waals surface area contributed by atoms with E-state index in [1.54, 1.807) is 0 Å². The van der Waals surface area contributed by atoms with Crippen molar-refractivity contribution in [3.05, 3.63) is 40.1 Å². The Balaban J connectivity index is 2.17. The fourth-order valence-electron chi connectivity index (χ4n) is 2.15. The second-order valence-corrected chi connectivity index (χ2v) is 6.65. The zero-order valence-corrected chi connectivity index (χ0v) is 14.5. The van der Waals surface area contributed by atoms with Crippen LogP contribution in [0.3, 0.4) is 0 Å². The van der Waals surface area contributed by atoms with E-state index in [0.717, 1.165) is 16.8 Å². The molecule has 2 rings (SSSR count). The van der Waals surface area contributed by atoms with Crippen molar-refractivity contribution < 1.29 is 0 Å². The number of hydrogen-bond donors (Lipinski definition) is 1. The lowest BCUT2D eigenvalue weighted by atomic mass is 10.1. The summed E-state index contributed by atoms with van der Waals surface area (Å²) in [7, 11) is 0. The summed E-state index contributed by atoms with van der Waals surface area (Å²) in [6, 6.07) is 8.48. The fourth-order valence-corrected chi connectivity index (χ4v) is 2.41. The molecule has 0 saturated heterocycles. The van der Waals surface area contributed by atoms with Crippen molar-refractivity contribution in [2.45, 2.75) is 39.8 Å². The van der Waals surface area contributed by atoms with Crippen LogP contribution in [-0.2, 0) is 0 Å². The molecule has 2 aromatic rings. The Kier molecular flexibility index (Phi) is 5.47. The van der Waals surface area contributed by atoms with Gasteiger partial charge in [-0.3, -0.25) is 0 Å². The minimum Gasteiger partial charge on any atom is -0.307 e. The molecule has 1 heterocycles.